The van der Waals surface area contributed by atoms with Crippen LogP contribution in [0.1, 0.15) is 71.4 Å². The maximum atomic E-state index is 11.5. The molecule has 0 bridgehead atoms. The first kappa shape index (κ1) is 20.6. The second-order valence-corrected chi connectivity index (χ2v) is 8.43. The lowest BCUT2D eigenvalue weighted by Gasteiger charge is -2.51. The summed E-state index contributed by atoms with van der Waals surface area (Å²) in [5.41, 5.74) is 1.89. The molecular weight excluding hydrogens is 328 g/mol. The number of piperidine rings is 1. The van der Waals surface area contributed by atoms with Gasteiger partial charge in [0.25, 0.3) is 5.70 Å². The van der Waals surface area contributed by atoms with Crippen LogP contribution in [0, 0.1) is 10.1 Å². The molecule has 0 N–H and O–H groups in total. The fourth-order valence-electron chi connectivity index (χ4n) is 3.86. The molecule has 1 heterocycles. The fourth-order valence-corrected chi connectivity index (χ4v) is 3.86. The first-order chi connectivity index (χ1) is 12.2. The number of rotatable bonds is 7. The maximum absolute atomic E-state index is 11.5. The van der Waals surface area contributed by atoms with Gasteiger partial charge in [0.2, 0.25) is 0 Å². The summed E-state index contributed by atoms with van der Waals surface area (Å²) in [6.07, 6.45) is 6.90. The molecule has 0 atom stereocenters. The largest absolute Gasteiger partial charge is 0.287 e. The van der Waals surface area contributed by atoms with E-state index in [4.69, 9.17) is 4.84 Å². The molecular formula is C21H32N2O3. The van der Waals surface area contributed by atoms with Crippen LogP contribution < -0.4 is 0 Å². The van der Waals surface area contributed by atoms with E-state index in [1.54, 1.807) is 6.08 Å². The van der Waals surface area contributed by atoms with E-state index in [1.165, 1.54) is 5.56 Å². The van der Waals surface area contributed by atoms with Gasteiger partial charge in [-0.15, -0.1) is 0 Å². The maximum Gasteiger partial charge on any atom is 0.274 e. The molecule has 1 aromatic rings. The van der Waals surface area contributed by atoms with E-state index in [-0.39, 0.29) is 28.3 Å². The minimum atomic E-state index is -0.343. The Morgan fingerprint density at radius 1 is 1.19 bits per heavy atom. The highest BCUT2D eigenvalue weighted by Gasteiger charge is 2.43. The number of nitrogens with zero attached hydrogens (tertiary/aromatic N) is 2. The average Bonchev–Trinajstić information content (AvgIpc) is 2.54. The van der Waals surface area contributed by atoms with Gasteiger partial charge in [-0.05, 0) is 64.5 Å². The van der Waals surface area contributed by atoms with Crippen LogP contribution in [0.15, 0.2) is 30.0 Å². The summed E-state index contributed by atoms with van der Waals surface area (Å²) in [6, 6.07) is 7.93. The standard InChI is InChI=1S/C21H32N2O3/c1-6-8-17-9-11-18(12-10-17)15-19(22(24)25)16-26-23-20(2,3)13-7-14-21(23,4)5/h9-12,15H,6-8,13-14,16H2,1-5H3/b19-15-. The Kier molecular flexibility index (Phi) is 6.58. The summed E-state index contributed by atoms with van der Waals surface area (Å²) in [4.78, 5) is 17.2. The molecule has 1 fully saturated rings. The van der Waals surface area contributed by atoms with Gasteiger partial charge in [0, 0.05) is 17.2 Å². The normalized spacial score (nSPS) is 20.1. The summed E-state index contributed by atoms with van der Waals surface area (Å²) in [6.45, 7) is 10.6. The van der Waals surface area contributed by atoms with E-state index in [0.29, 0.717) is 0 Å². The van der Waals surface area contributed by atoms with Gasteiger partial charge >= 0.3 is 0 Å². The van der Waals surface area contributed by atoms with Gasteiger partial charge in [0.15, 0.2) is 6.61 Å². The Morgan fingerprint density at radius 2 is 1.77 bits per heavy atom. The van der Waals surface area contributed by atoms with E-state index in [2.05, 4.69) is 34.6 Å². The monoisotopic (exact) mass is 360 g/mol. The van der Waals surface area contributed by atoms with Crippen molar-refractivity contribution < 1.29 is 9.76 Å². The Labute approximate surface area is 157 Å². The summed E-state index contributed by atoms with van der Waals surface area (Å²) in [5.74, 6) is 0. The predicted octanol–water partition coefficient (Wildman–Crippen LogP) is 5.23. The molecule has 0 unspecified atom stereocenters. The molecule has 0 aromatic heterocycles. The smallest absolute Gasteiger partial charge is 0.274 e. The van der Waals surface area contributed by atoms with Crippen molar-refractivity contribution in [3.8, 4) is 0 Å². The van der Waals surface area contributed by atoms with Crippen molar-refractivity contribution in [2.45, 2.75) is 77.8 Å². The van der Waals surface area contributed by atoms with Crippen molar-refractivity contribution in [3.05, 3.63) is 51.2 Å². The van der Waals surface area contributed by atoms with Crippen molar-refractivity contribution in [2.24, 2.45) is 0 Å². The predicted molar refractivity (Wildman–Crippen MR) is 105 cm³/mol. The lowest BCUT2D eigenvalue weighted by molar-refractivity contribution is -0.436. The van der Waals surface area contributed by atoms with E-state index < -0.39 is 0 Å². The minimum Gasteiger partial charge on any atom is -0.287 e. The first-order valence-electron chi connectivity index (χ1n) is 9.53. The van der Waals surface area contributed by atoms with Crippen LogP contribution in [0.2, 0.25) is 0 Å². The Balaban J connectivity index is 2.13. The van der Waals surface area contributed by atoms with Gasteiger partial charge in [-0.25, -0.2) is 0 Å². The highest BCUT2D eigenvalue weighted by Crippen LogP contribution is 2.38. The van der Waals surface area contributed by atoms with Crippen LogP contribution in [0.4, 0.5) is 0 Å². The summed E-state index contributed by atoms with van der Waals surface area (Å²) in [7, 11) is 0. The molecule has 2 rings (SSSR count). The van der Waals surface area contributed by atoms with Gasteiger partial charge in [-0.1, -0.05) is 37.6 Å². The van der Waals surface area contributed by atoms with Crippen LogP contribution >= 0.6 is 0 Å². The molecule has 1 aromatic carbocycles. The van der Waals surface area contributed by atoms with Crippen LogP contribution in [-0.2, 0) is 11.3 Å². The Bertz CT molecular complexity index is 632. The molecule has 5 heteroatoms. The third-order valence-electron chi connectivity index (χ3n) is 5.10. The highest BCUT2D eigenvalue weighted by molar-refractivity contribution is 5.51. The van der Waals surface area contributed by atoms with Crippen LogP contribution in [0.25, 0.3) is 6.08 Å². The van der Waals surface area contributed by atoms with Crippen LogP contribution in [0.3, 0.4) is 0 Å². The number of nitro groups is 1. The third-order valence-corrected chi connectivity index (χ3v) is 5.10. The van der Waals surface area contributed by atoms with Crippen molar-refractivity contribution in [1.29, 1.82) is 0 Å². The van der Waals surface area contributed by atoms with Gasteiger partial charge in [-0.3, -0.25) is 15.0 Å². The van der Waals surface area contributed by atoms with E-state index in [1.807, 2.05) is 29.3 Å². The molecule has 0 saturated carbocycles. The molecule has 1 aliphatic rings. The molecule has 5 nitrogen and oxygen atoms in total. The Morgan fingerprint density at radius 3 is 2.27 bits per heavy atom. The topological polar surface area (TPSA) is 55.6 Å². The van der Waals surface area contributed by atoms with Crippen LogP contribution in [-0.4, -0.2) is 27.7 Å². The van der Waals surface area contributed by atoms with Gasteiger partial charge < -0.3 is 0 Å². The number of hydrogen-bond donors (Lipinski definition) is 0. The number of hydrogen-bond acceptors (Lipinski definition) is 4. The van der Waals surface area contributed by atoms with E-state index in [0.717, 1.165) is 37.7 Å². The second kappa shape index (κ2) is 8.31. The molecule has 0 amide bonds. The molecule has 1 saturated heterocycles. The average molecular weight is 360 g/mol. The quantitative estimate of drug-likeness (QED) is 0.493. The van der Waals surface area contributed by atoms with Crippen molar-refractivity contribution in [3.63, 3.8) is 0 Å². The number of aryl methyl sites for hydroxylation is 1. The van der Waals surface area contributed by atoms with Gasteiger partial charge in [0.1, 0.15) is 0 Å². The van der Waals surface area contributed by atoms with Crippen molar-refractivity contribution >= 4 is 6.08 Å². The summed E-state index contributed by atoms with van der Waals surface area (Å²) >= 11 is 0. The number of hydroxylamine groups is 2. The van der Waals surface area contributed by atoms with Gasteiger partial charge in [0.05, 0.1) is 4.92 Å². The third kappa shape index (κ3) is 5.15. The molecule has 0 radical (unpaired) electrons. The van der Waals surface area contributed by atoms with Crippen molar-refractivity contribution in [1.82, 2.24) is 5.06 Å². The lowest BCUT2D eigenvalue weighted by Crippen LogP contribution is -2.58. The second-order valence-electron chi connectivity index (χ2n) is 8.43. The summed E-state index contributed by atoms with van der Waals surface area (Å²) in [5, 5.41) is 13.5. The zero-order valence-electron chi connectivity index (χ0n) is 16.7. The lowest BCUT2D eigenvalue weighted by atomic mass is 9.82. The molecule has 0 aliphatic carbocycles. The zero-order valence-corrected chi connectivity index (χ0v) is 16.7. The first-order valence-corrected chi connectivity index (χ1v) is 9.53. The van der Waals surface area contributed by atoms with Crippen molar-refractivity contribution in [2.75, 3.05) is 6.61 Å². The number of benzene rings is 1. The molecule has 144 valence electrons. The summed E-state index contributed by atoms with van der Waals surface area (Å²) < 4.78 is 0. The Hall–Kier alpha value is -1.72. The SMILES string of the molecule is CCCc1ccc(/C=C(/CON2C(C)(C)CCCC2(C)C)[N+](=O)[O-])cc1. The fraction of sp³-hybridized carbons (Fsp3) is 0.619. The molecule has 1 aliphatic heterocycles. The van der Waals surface area contributed by atoms with Gasteiger partial charge in [-0.2, -0.15) is 5.06 Å². The van der Waals surface area contributed by atoms with Crippen LogP contribution in [0.5, 0.6) is 0 Å². The zero-order chi connectivity index (χ0) is 19.4. The molecule has 26 heavy (non-hydrogen) atoms. The molecule has 0 spiro atoms. The minimum absolute atomic E-state index is 0.0312. The van der Waals surface area contributed by atoms with E-state index >= 15 is 0 Å². The van der Waals surface area contributed by atoms with E-state index in [9.17, 15) is 10.1 Å². The highest BCUT2D eigenvalue weighted by atomic mass is 16.7.